The molecule has 0 heterocycles. The minimum Gasteiger partial charge on any atom is -0.464 e. The highest BCUT2D eigenvalue weighted by Gasteiger charge is 2.10. The van der Waals surface area contributed by atoms with Crippen molar-refractivity contribution in [3.63, 3.8) is 0 Å². The monoisotopic (exact) mass is 831 g/mol. The highest BCUT2D eigenvalue weighted by atomic mass is 16.6. The summed E-state index contributed by atoms with van der Waals surface area (Å²) in [5.74, 6) is 1.16. The summed E-state index contributed by atoms with van der Waals surface area (Å²) in [5, 5.41) is 36.3. The van der Waals surface area contributed by atoms with Crippen molar-refractivity contribution in [2.75, 3.05) is 18.9 Å². The number of isocyanates is 1. The zero-order valence-electron chi connectivity index (χ0n) is 35.0. The largest absolute Gasteiger partial charge is 0.464 e. The average molecular weight is 832 g/mol. The molecule has 0 saturated heterocycles. The number of hydrogen-bond donors (Lipinski definition) is 8. The van der Waals surface area contributed by atoms with E-state index >= 15 is 0 Å². The van der Waals surface area contributed by atoms with Crippen LogP contribution >= 0.6 is 0 Å². The van der Waals surface area contributed by atoms with Gasteiger partial charge in [0, 0.05) is 68.8 Å². The van der Waals surface area contributed by atoms with Crippen molar-refractivity contribution in [2.24, 2.45) is 22.6 Å². The number of nitrogens with one attached hydrogen (secondary N) is 4. The second-order valence-electron chi connectivity index (χ2n) is 13.1. The summed E-state index contributed by atoms with van der Waals surface area (Å²) in [5.41, 5.74) is 20.2. The number of nitro benzene ring substituents is 2. The molecule has 0 saturated carbocycles. The number of non-ortho nitro benzene ring substituents is 2. The molecule has 3 aromatic carbocycles. The Morgan fingerprint density at radius 1 is 0.780 bits per heavy atom. The number of Topliss-reactive ketones (excluding diaryl/α,β-unsaturated/α-hetero) is 2. The van der Waals surface area contributed by atoms with Gasteiger partial charge in [-0.15, -0.1) is 5.59 Å². The molecule has 0 aliphatic rings. The number of nitrogen functional groups attached to an aromatic ring is 1. The number of carboxylic acid groups (broad SMARTS) is 1. The van der Waals surface area contributed by atoms with Gasteiger partial charge in [0.25, 0.3) is 11.4 Å². The number of rotatable bonds is 16. The molecule has 3 aromatic rings. The van der Waals surface area contributed by atoms with Gasteiger partial charge in [-0.1, -0.05) is 71.9 Å². The van der Waals surface area contributed by atoms with Gasteiger partial charge in [-0.3, -0.25) is 29.8 Å². The first-order chi connectivity index (χ1) is 27.7. The average Bonchev–Trinajstić information content (AvgIpc) is 3.12. The third-order valence-corrected chi connectivity index (χ3v) is 6.06. The molecule has 1 amide bonds. The van der Waals surface area contributed by atoms with Crippen LogP contribution in [0.3, 0.4) is 0 Å². The van der Waals surface area contributed by atoms with E-state index in [-0.39, 0.29) is 35.0 Å². The van der Waals surface area contributed by atoms with Crippen LogP contribution < -0.4 is 33.6 Å². The van der Waals surface area contributed by atoms with E-state index in [1.54, 1.807) is 17.6 Å². The number of benzene rings is 3. The number of ether oxygens (including phenoxy) is 1. The van der Waals surface area contributed by atoms with E-state index in [0.717, 1.165) is 24.5 Å². The SMILES string of the molecule is CC(C)CC(=O)Cc1cccc(N)c1.CC(C)CC(=O)Cc1cccc([N+](=O)[O-])c1.CC(C)N.CCOCC.O=C(O)NNNNO.O=C=Nc1cccc([N+](=O)[O-])c1. The van der Waals surface area contributed by atoms with E-state index in [0.29, 0.717) is 42.7 Å². The quantitative estimate of drug-likeness (QED) is 0.0196. The lowest BCUT2D eigenvalue weighted by Crippen LogP contribution is -2.51. The van der Waals surface area contributed by atoms with Gasteiger partial charge in [-0.2, -0.15) is 16.1 Å². The van der Waals surface area contributed by atoms with Crippen molar-refractivity contribution >= 4 is 46.5 Å². The first kappa shape index (κ1) is 57.3. The first-order valence-corrected chi connectivity index (χ1v) is 18.4. The van der Waals surface area contributed by atoms with Gasteiger partial charge in [0.2, 0.25) is 6.08 Å². The summed E-state index contributed by atoms with van der Waals surface area (Å²) < 4.78 is 4.83. The Hall–Kier alpha value is -5.99. The molecule has 10 N–H and O–H groups in total. The Labute approximate surface area is 345 Å². The van der Waals surface area contributed by atoms with Gasteiger partial charge in [0.1, 0.15) is 11.6 Å². The van der Waals surface area contributed by atoms with Crippen molar-refractivity contribution in [3.05, 3.63) is 104 Å². The van der Waals surface area contributed by atoms with Gasteiger partial charge in [-0.05, 0) is 61.1 Å². The third-order valence-electron chi connectivity index (χ3n) is 6.06. The Kier molecular flexibility index (Phi) is 35.3. The number of anilines is 1. The second kappa shape index (κ2) is 36.4. The summed E-state index contributed by atoms with van der Waals surface area (Å²) in [4.78, 5) is 65.4. The number of amides is 1. The van der Waals surface area contributed by atoms with Crippen molar-refractivity contribution in [2.45, 2.75) is 87.1 Å². The Morgan fingerprint density at radius 2 is 1.22 bits per heavy atom. The summed E-state index contributed by atoms with van der Waals surface area (Å²) >= 11 is 0. The molecule has 0 radical (unpaired) electrons. The van der Waals surface area contributed by atoms with E-state index in [1.165, 1.54) is 48.1 Å². The van der Waals surface area contributed by atoms with Crippen LogP contribution in [0, 0.1) is 32.1 Å². The Bertz CT molecular complexity index is 1680. The van der Waals surface area contributed by atoms with Crippen LogP contribution in [-0.4, -0.2) is 63.2 Å². The van der Waals surface area contributed by atoms with Crippen molar-refractivity contribution in [1.29, 1.82) is 0 Å². The van der Waals surface area contributed by atoms with E-state index in [4.69, 9.17) is 26.5 Å². The van der Waals surface area contributed by atoms with Crippen molar-refractivity contribution in [3.8, 4) is 0 Å². The van der Waals surface area contributed by atoms with Gasteiger partial charge in [0.15, 0.2) is 0 Å². The standard InChI is InChI=1S/C12H15NO3.C12H17NO.C7H4N2O3.C4H10O.C3H9N.CH6N4O3/c1-9(2)6-12(14)8-10-4-3-5-11(7-10)13(15)16;1-9(2)6-12(14)8-10-4-3-5-11(13)7-10;10-5-8-6-2-1-3-7(4-6)9(11)12;1-3-5-4-2;1-3(2)4;6-1(7)2-3-4-5-8/h3-5,7,9H,6,8H2,1-2H3;3-5,7,9H,6,8,13H2,1-2H3;1-4H;3-4H2,1-2H3;3H,4H2,1-2H3;2-5,8H,(H,6,7). The number of ketones is 2. The minimum atomic E-state index is -1.26. The minimum absolute atomic E-state index is 0.0369. The van der Waals surface area contributed by atoms with Crippen LogP contribution in [0.2, 0.25) is 0 Å². The van der Waals surface area contributed by atoms with Gasteiger partial charge in [0.05, 0.1) is 15.5 Å². The summed E-state index contributed by atoms with van der Waals surface area (Å²) in [7, 11) is 0. The van der Waals surface area contributed by atoms with E-state index in [9.17, 15) is 39.4 Å². The predicted molar refractivity (Wildman–Crippen MR) is 225 cm³/mol. The maximum absolute atomic E-state index is 11.5. The molecule has 20 nitrogen and oxygen atoms in total. The smallest absolute Gasteiger partial charge is 0.420 e. The maximum atomic E-state index is 11.5. The maximum Gasteiger partial charge on any atom is 0.420 e. The normalized spacial score (nSPS) is 9.58. The molecule has 0 aliphatic carbocycles. The van der Waals surface area contributed by atoms with Crippen LogP contribution in [-0.2, 0) is 32.0 Å². The van der Waals surface area contributed by atoms with Gasteiger partial charge >= 0.3 is 6.09 Å². The number of carbonyl (C=O) groups excluding carboxylic acids is 3. The Balaban J connectivity index is -0.000000674. The topological polar surface area (TPSA) is 317 Å². The highest BCUT2D eigenvalue weighted by Crippen LogP contribution is 2.19. The molecule has 328 valence electrons. The number of nitro groups is 2. The molecule has 0 unspecified atom stereocenters. The summed E-state index contributed by atoms with van der Waals surface area (Å²) in [6, 6.07) is 19.5. The predicted octanol–water partition coefficient (Wildman–Crippen LogP) is 6.29. The fourth-order valence-electron chi connectivity index (χ4n) is 4.04. The van der Waals surface area contributed by atoms with Crippen LogP contribution in [0.25, 0.3) is 0 Å². The van der Waals surface area contributed by atoms with Crippen molar-refractivity contribution < 1.29 is 44.1 Å². The molecule has 0 fully saturated rings. The fourth-order valence-corrected chi connectivity index (χ4v) is 4.04. The molecule has 0 aliphatic heterocycles. The summed E-state index contributed by atoms with van der Waals surface area (Å²) in [6.07, 6.45) is 1.99. The lowest BCUT2D eigenvalue weighted by Gasteiger charge is -2.04. The second-order valence-corrected chi connectivity index (χ2v) is 13.1. The first-order valence-electron chi connectivity index (χ1n) is 18.4. The van der Waals surface area contributed by atoms with E-state index < -0.39 is 15.9 Å². The number of aliphatic imine (C=N–C) groups is 1. The third kappa shape index (κ3) is 38.7. The summed E-state index contributed by atoms with van der Waals surface area (Å²) in [6.45, 7) is 17.6. The molecule has 0 spiro atoms. The molecular weight excluding hydrogens is 770 g/mol. The Morgan fingerprint density at radius 3 is 1.59 bits per heavy atom. The van der Waals surface area contributed by atoms with Gasteiger partial charge in [-0.25, -0.2) is 15.0 Å². The molecule has 59 heavy (non-hydrogen) atoms. The van der Waals surface area contributed by atoms with Crippen molar-refractivity contribution in [1.82, 2.24) is 22.1 Å². The lowest BCUT2D eigenvalue weighted by molar-refractivity contribution is -0.385. The molecule has 3 rings (SSSR count). The lowest BCUT2D eigenvalue weighted by atomic mass is 10.0. The van der Waals surface area contributed by atoms with Gasteiger partial charge < -0.3 is 26.5 Å². The molecule has 0 bridgehead atoms. The zero-order valence-corrected chi connectivity index (χ0v) is 35.0. The molecule has 0 atom stereocenters. The van der Waals surface area contributed by atoms with Crippen LogP contribution in [0.15, 0.2) is 77.8 Å². The van der Waals surface area contributed by atoms with Crippen LogP contribution in [0.5, 0.6) is 0 Å². The zero-order chi connectivity index (χ0) is 45.8. The number of hydrazine groups is 3. The fraction of sp³-hybridized carbons (Fsp3) is 0.436. The van der Waals surface area contributed by atoms with Crippen LogP contribution in [0.1, 0.15) is 79.4 Å². The van der Waals surface area contributed by atoms with E-state index in [2.05, 4.69) is 18.8 Å². The number of nitrogens with zero attached hydrogens (tertiary/aromatic N) is 3. The number of carbonyl (C=O) groups is 3. The van der Waals surface area contributed by atoms with E-state index in [1.807, 2.05) is 76.9 Å². The number of hydrogen-bond acceptors (Lipinski definition) is 16. The number of nitrogens with two attached hydrogens (primary N) is 2. The highest BCUT2D eigenvalue weighted by molar-refractivity contribution is 5.81. The molecule has 20 heteroatoms. The van der Waals surface area contributed by atoms with Crippen LogP contribution in [0.4, 0.5) is 27.5 Å². The molecule has 0 aromatic heterocycles. The molecular formula is C39H61N9O11.